The van der Waals surface area contributed by atoms with Crippen molar-refractivity contribution in [3.05, 3.63) is 47.5 Å². The molecular weight excluding hydrogens is 474 g/mol. The molecule has 4 rings (SSSR count). The highest BCUT2D eigenvalue weighted by atomic mass is 35.5. The van der Waals surface area contributed by atoms with E-state index in [9.17, 15) is 30.0 Å². The number of nitrogens with two attached hydrogens (primary N) is 1. The fraction of sp³-hybridized carbons (Fsp3) is 0.350. The van der Waals surface area contributed by atoms with Crippen LogP contribution in [0.15, 0.2) is 36.7 Å². The van der Waals surface area contributed by atoms with Gasteiger partial charge in [-0.05, 0) is 17.2 Å². The van der Waals surface area contributed by atoms with Crippen molar-refractivity contribution in [2.75, 3.05) is 12.3 Å². The number of hydrogen-bond acceptors (Lipinski definition) is 10. The number of aliphatic carboxylic acids is 2. The summed E-state index contributed by atoms with van der Waals surface area (Å²) < 4.78 is 12.3. The molecule has 6 N–H and O–H groups in total. The minimum atomic E-state index is -2.65. The number of hydrogen-bond donors (Lipinski definition) is 5. The van der Waals surface area contributed by atoms with Crippen molar-refractivity contribution in [1.82, 2.24) is 19.5 Å². The maximum atomic E-state index is 12.0. The zero-order chi connectivity index (χ0) is 24.6. The van der Waals surface area contributed by atoms with Crippen molar-refractivity contribution < 1.29 is 39.5 Å². The van der Waals surface area contributed by atoms with E-state index >= 15 is 0 Å². The summed E-state index contributed by atoms with van der Waals surface area (Å²) in [4.78, 5) is 35.8. The molecule has 0 bridgehead atoms. The zero-order valence-corrected chi connectivity index (χ0v) is 18.1. The molecule has 1 aliphatic heterocycles. The smallest absolute Gasteiger partial charge is 0.348 e. The monoisotopic (exact) mass is 493 g/mol. The van der Waals surface area contributed by atoms with Crippen LogP contribution in [0, 0.1) is 0 Å². The second-order valence-corrected chi connectivity index (χ2v) is 8.00. The summed E-state index contributed by atoms with van der Waals surface area (Å²) in [6.45, 7) is -0.648. The Hall–Kier alpha value is -3.36. The number of carboxylic acid groups (broad SMARTS) is 2. The number of nitrogen functional groups attached to an aromatic ring is 1. The Balaban J connectivity index is 1.57. The van der Waals surface area contributed by atoms with Crippen molar-refractivity contribution >= 4 is 40.5 Å². The van der Waals surface area contributed by atoms with Crippen LogP contribution in [-0.4, -0.2) is 82.4 Å². The maximum Gasteiger partial charge on any atom is 0.348 e. The first kappa shape index (κ1) is 23.8. The fourth-order valence-corrected chi connectivity index (χ4v) is 3.89. The van der Waals surface area contributed by atoms with E-state index in [1.165, 1.54) is 10.9 Å². The number of aliphatic hydroxyl groups is 2. The highest BCUT2D eigenvalue weighted by Crippen LogP contribution is 2.33. The van der Waals surface area contributed by atoms with Gasteiger partial charge in [-0.15, -0.1) is 0 Å². The van der Waals surface area contributed by atoms with Crippen molar-refractivity contribution in [2.24, 2.45) is 0 Å². The molecule has 0 aliphatic carbocycles. The normalized spacial score (nSPS) is 22.8. The molecule has 180 valence electrons. The van der Waals surface area contributed by atoms with E-state index in [-0.39, 0.29) is 22.3 Å². The molecule has 0 saturated carbocycles. The van der Waals surface area contributed by atoms with Gasteiger partial charge in [-0.3, -0.25) is 4.57 Å². The molecule has 13 nitrogen and oxygen atoms in total. The topological polar surface area (TPSA) is 203 Å². The molecule has 0 radical (unpaired) electrons. The Bertz CT molecular complexity index is 1210. The van der Waals surface area contributed by atoms with Gasteiger partial charge in [0.05, 0.1) is 12.9 Å². The van der Waals surface area contributed by atoms with Crippen LogP contribution in [0.4, 0.5) is 5.82 Å². The van der Waals surface area contributed by atoms with Gasteiger partial charge in [0.1, 0.15) is 23.8 Å². The largest absolute Gasteiger partial charge is 0.479 e. The van der Waals surface area contributed by atoms with Crippen molar-refractivity contribution in [3.8, 4) is 0 Å². The summed E-state index contributed by atoms with van der Waals surface area (Å²) in [5.74, 6) is -3.46. The summed E-state index contributed by atoms with van der Waals surface area (Å²) >= 11 is 5.85. The lowest BCUT2D eigenvalue weighted by atomic mass is 9.94. The average molecular weight is 494 g/mol. The van der Waals surface area contributed by atoms with Gasteiger partial charge in [0.15, 0.2) is 17.7 Å². The number of carboxylic acids is 2. The number of carbonyl (C=O) groups is 2. The van der Waals surface area contributed by atoms with Gasteiger partial charge >= 0.3 is 11.9 Å². The van der Waals surface area contributed by atoms with Gasteiger partial charge in [0.2, 0.25) is 5.28 Å². The number of halogens is 1. The fourth-order valence-electron chi connectivity index (χ4n) is 3.72. The first-order valence-electron chi connectivity index (χ1n) is 9.96. The Kier molecular flexibility index (Phi) is 6.38. The Labute approximate surface area is 196 Å². The van der Waals surface area contributed by atoms with Crippen LogP contribution in [0.1, 0.15) is 11.8 Å². The molecule has 4 atom stereocenters. The first-order chi connectivity index (χ1) is 16.1. The van der Waals surface area contributed by atoms with E-state index in [0.29, 0.717) is 5.56 Å². The van der Waals surface area contributed by atoms with Gasteiger partial charge in [-0.2, -0.15) is 9.97 Å². The molecule has 2 aromatic heterocycles. The van der Waals surface area contributed by atoms with Crippen molar-refractivity contribution in [1.29, 1.82) is 0 Å². The number of aliphatic hydroxyl groups excluding tert-OH is 2. The molecule has 3 aromatic rings. The van der Waals surface area contributed by atoms with Gasteiger partial charge < -0.3 is 35.6 Å². The van der Waals surface area contributed by atoms with E-state index in [0.717, 1.165) is 0 Å². The molecule has 14 heteroatoms. The van der Waals surface area contributed by atoms with Crippen LogP contribution in [0.5, 0.6) is 0 Å². The van der Waals surface area contributed by atoms with Gasteiger partial charge in [0.25, 0.3) is 5.60 Å². The van der Waals surface area contributed by atoms with Gasteiger partial charge in [-0.25, -0.2) is 14.6 Å². The van der Waals surface area contributed by atoms with Crippen molar-refractivity contribution in [2.45, 2.75) is 36.6 Å². The number of benzene rings is 1. The molecular formula is C20H20ClN5O8. The predicted octanol–water partition coefficient (Wildman–Crippen LogP) is -0.152. The van der Waals surface area contributed by atoms with Crippen LogP contribution in [0.25, 0.3) is 11.2 Å². The summed E-state index contributed by atoms with van der Waals surface area (Å²) in [5, 5.41) is 40.3. The van der Waals surface area contributed by atoms with E-state index < -0.39 is 55.1 Å². The number of anilines is 1. The molecule has 34 heavy (non-hydrogen) atoms. The van der Waals surface area contributed by atoms with E-state index in [1.54, 1.807) is 30.3 Å². The van der Waals surface area contributed by atoms with E-state index in [2.05, 4.69) is 15.0 Å². The highest BCUT2D eigenvalue weighted by molar-refractivity contribution is 6.28. The minimum absolute atomic E-state index is 0.00437. The number of ether oxygens (including phenoxy) is 2. The molecule has 1 fully saturated rings. The molecule has 0 amide bonds. The highest BCUT2D eigenvalue weighted by Gasteiger charge is 2.51. The SMILES string of the molecule is Nc1nc(Cl)nc2c1ncn2[C@@H]1O[C@H](COC(Cc2ccccc2)(C(=O)O)C(=O)O)[C@@H](O)[C@H]1O. The Morgan fingerprint density at radius 2 is 1.82 bits per heavy atom. The third kappa shape index (κ3) is 4.15. The lowest BCUT2D eigenvalue weighted by Crippen LogP contribution is -2.52. The van der Waals surface area contributed by atoms with Crippen LogP contribution < -0.4 is 5.73 Å². The molecule has 3 heterocycles. The second-order valence-electron chi connectivity index (χ2n) is 7.66. The van der Waals surface area contributed by atoms with Crippen LogP contribution >= 0.6 is 11.6 Å². The number of imidazole rings is 1. The van der Waals surface area contributed by atoms with Crippen LogP contribution in [-0.2, 0) is 25.5 Å². The van der Waals surface area contributed by atoms with Crippen LogP contribution in [0.2, 0.25) is 5.28 Å². The summed E-state index contributed by atoms with van der Waals surface area (Å²) in [5.41, 5.74) is 3.86. The first-order valence-corrected chi connectivity index (χ1v) is 10.3. The predicted molar refractivity (Wildman–Crippen MR) is 115 cm³/mol. The maximum absolute atomic E-state index is 12.0. The summed E-state index contributed by atoms with van der Waals surface area (Å²) in [7, 11) is 0. The number of fused-ring (bicyclic) bond motifs is 1. The molecule has 0 spiro atoms. The molecule has 1 aromatic carbocycles. The van der Waals surface area contributed by atoms with Crippen molar-refractivity contribution in [3.63, 3.8) is 0 Å². The summed E-state index contributed by atoms with van der Waals surface area (Å²) in [6, 6.07) is 8.09. The number of rotatable bonds is 8. The third-order valence-corrected chi connectivity index (χ3v) is 5.68. The Morgan fingerprint density at radius 3 is 2.47 bits per heavy atom. The summed E-state index contributed by atoms with van der Waals surface area (Å²) in [6.07, 6.45) is -4.79. The Morgan fingerprint density at radius 1 is 1.15 bits per heavy atom. The van der Waals surface area contributed by atoms with E-state index in [4.69, 9.17) is 26.8 Å². The average Bonchev–Trinajstić information content (AvgIpc) is 3.33. The lowest BCUT2D eigenvalue weighted by Gasteiger charge is -2.27. The zero-order valence-electron chi connectivity index (χ0n) is 17.4. The van der Waals surface area contributed by atoms with Crippen LogP contribution in [0.3, 0.4) is 0 Å². The van der Waals surface area contributed by atoms with Gasteiger partial charge in [-0.1, -0.05) is 30.3 Å². The number of aromatic nitrogens is 4. The molecule has 0 unspecified atom stereocenters. The van der Waals surface area contributed by atoms with E-state index in [1.807, 2.05) is 0 Å². The quantitative estimate of drug-likeness (QED) is 0.205. The molecule has 1 aliphatic rings. The third-order valence-electron chi connectivity index (χ3n) is 5.51. The van der Waals surface area contributed by atoms with Gasteiger partial charge in [0, 0.05) is 6.42 Å². The second kappa shape index (κ2) is 9.12. The minimum Gasteiger partial charge on any atom is -0.479 e. The standard InChI is InChI=1S/C20H20ClN5O8/c21-19-24-14(22)11-15(25-19)26(8-23-11)16-13(28)12(27)10(34-16)7-33-20(17(29)30,18(31)32)6-9-4-2-1-3-5-9/h1-5,8,10,12-13,16,27-28H,6-7H2,(H,29,30)(H,31,32)(H2,22,24,25)/t10-,12-,13-,16-/m1/s1. The lowest BCUT2D eigenvalue weighted by molar-refractivity contribution is -0.190. The molecule has 1 saturated heterocycles. The number of nitrogens with zero attached hydrogens (tertiary/aromatic N) is 4.